The highest BCUT2D eigenvalue weighted by molar-refractivity contribution is 5.96. The van der Waals surface area contributed by atoms with E-state index in [4.69, 9.17) is 4.74 Å². The highest BCUT2D eigenvalue weighted by Gasteiger charge is 2.24. The van der Waals surface area contributed by atoms with Gasteiger partial charge in [-0.15, -0.1) is 0 Å². The van der Waals surface area contributed by atoms with Crippen LogP contribution in [-0.4, -0.2) is 62.8 Å². The molecule has 1 N–H and O–H groups in total. The van der Waals surface area contributed by atoms with Gasteiger partial charge in [-0.05, 0) is 37.8 Å². The molecular weight excluding hydrogens is 382 g/mol. The van der Waals surface area contributed by atoms with Gasteiger partial charge < -0.3 is 19.5 Å². The normalized spacial score (nSPS) is 20.4. The quantitative estimate of drug-likeness (QED) is 0.706. The summed E-state index contributed by atoms with van der Waals surface area (Å²) in [4.78, 5) is 32.7. The van der Waals surface area contributed by atoms with Crippen LogP contribution in [0.5, 0.6) is 0 Å². The Morgan fingerprint density at radius 1 is 1.10 bits per heavy atom. The summed E-state index contributed by atoms with van der Waals surface area (Å²) in [5, 5.41) is 3.14. The monoisotopic (exact) mass is 407 g/mol. The summed E-state index contributed by atoms with van der Waals surface area (Å²) in [5.74, 6) is 0.587. The number of pyridine rings is 1. The number of fused-ring (bicyclic) bond motifs is 1. The van der Waals surface area contributed by atoms with E-state index in [1.807, 2.05) is 12.4 Å². The molecule has 0 radical (unpaired) electrons. The minimum atomic E-state index is -0.120. The van der Waals surface area contributed by atoms with E-state index in [0.717, 1.165) is 56.6 Å². The van der Waals surface area contributed by atoms with Crippen LogP contribution in [0.25, 0.3) is 11.2 Å². The topological polar surface area (TPSA) is 98.1 Å². The van der Waals surface area contributed by atoms with Crippen LogP contribution in [0.2, 0.25) is 0 Å². The second-order valence-electron chi connectivity index (χ2n) is 7.87. The van der Waals surface area contributed by atoms with Gasteiger partial charge in [0, 0.05) is 57.0 Å². The van der Waals surface area contributed by atoms with Gasteiger partial charge in [0.2, 0.25) is 5.95 Å². The van der Waals surface area contributed by atoms with Crippen molar-refractivity contribution < 1.29 is 9.53 Å². The average Bonchev–Trinajstić information content (AvgIpc) is 3.24. The first kappa shape index (κ1) is 18.9. The lowest BCUT2D eigenvalue weighted by Crippen LogP contribution is -2.48. The van der Waals surface area contributed by atoms with Crippen molar-refractivity contribution in [2.45, 2.75) is 37.8 Å². The van der Waals surface area contributed by atoms with E-state index >= 15 is 0 Å². The first-order valence-electron chi connectivity index (χ1n) is 10.5. The second-order valence-corrected chi connectivity index (χ2v) is 7.87. The predicted molar refractivity (Wildman–Crippen MR) is 111 cm³/mol. The zero-order valence-electron chi connectivity index (χ0n) is 16.8. The van der Waals surface area contributed by atoms with Crippen LogP contribution >= 0.6 is 0 Å². The fraction of sp³-hybridized carbons (Fsp3) is 0.476. The molecule has 5 heterocycles. The number of aromatic nitrogens is 5. The van der Waals surface area contributed by atoms with E-state index in [9.17, 15) is 4.79 Å². The highest BCUT2D eigenvalue weighted by atomic mass is 16.5. The van der Waals surface area contributed by atoms with Gasteiger partial charge in [-0.1, -0.05) is 0 Å². The number of ether oxygens (including phenoxy) is 1. The van der Waals surface area contributed by atoms with Crippen molar-refractivity contribution in [3.8, 4) is 0 Å². The third-order valence-corrected chi connectivity index (χ3v) is 5.85. The summed E-state index contributed by atoms with van der Waals surface area (Å²) < 4.78 is 7.56. The molecule has 0 aromatic carbocycles. The third kappa shape index (κ3) is 3.85. The Balaban J connectivity index is 1.28. The molecule has 2 aliphatic heterocycles. The molecule has 1 unspecified atom stereocenters. The number of hydrogen-bond donors (Lipinski definition) is 1. The Morgan fingerprint density at radius 3 is 2.77 bits per heavy atom. The number of rotatable bonds is 4. The van der Waals surface area contributed by atoms with Gasteiger partial charge in [0.15, 0.2) is 5.65 Å². The first-order valence-corrected chi connectivity index (χ1v) is 10.5. The molecule has 2 fully saturated rings. The van der Waals surface area contributed by atoms with Crippen LogP contribution in [0.3, 0.4) is 0 Å². The van der Waals surface area contributed by atoms with Crippen molar-refractivity contribution in [2.75, 3.05) is 31.2 Å². The van der Waals surface area contributed by atoms with Crippen molar-refractivity contribution in [1.29, 1.82) is 0 Å². The average molecular weight is 407 g/mol. The second kappa shape index (κ2) is 8.35. The van der Waals surface area contributed by atoms with Crippen LogP contribution in [0, 0.1) is 0 Å². The molecule has 156 valence electrons. The molecule has 0 aliphatic carbocycles. The fourth-order valence-electron chi connectivity index (χ4n) is 4.27. The van der Waals surface area contributed by atoms with E-state index in [-0.39, 0.29) is 11.9 Å². The zero-order chi connectivity index (χ0) is 20.3. The molecule has 9 heteroatoms. The summed E-state index contributed by atoms with van der Waals surface area (Å²) in [6.45, 7) is 3.12. The summed E-state index contributed by atoms with van der Waals surface area (Å²) >= 11 is 0. The van der Waals surface area contributed by atoms with E-state index in [1.165, 1.54) is 0 Å². The van der Waals surface area contributed by atoms with Crippen molar-refractivity contribution in [3.63, 3.8) is 0 Å². The van der Waals surface area contributed by atoms with E-state index < -0.39 is 0 Å². The zero-order valence-corrected chi connectivity index (χ0v) is 16.8. The van der Waals surface area contributed by atoms with Crippen molar-refractivity contribution >= 4 is 23.0 Å². The lowest BCUT2D eigenvalue weighted by molar-refractivity contribution is 0.0704. The molecule has 0 saturated carbocycles. The van der Waals surface area contributed by atoms with Gasteiger partial charge >= 0.3 is 0 Å². The van der Waals surface area contributed by atoms with E-state index in [1.54, 1.807) is 24.7 Å². The Hall–Kier alpha value is -3.07. The van der Waals surface area contributed by atoms with Crippen molar-refractivity contribution in [2.24, 2.45) is 0 Å². The molecule has 2 aliphatic rings. The van der Waals surface area contributed by atoms with Crippen molar-refractivity contribution in [3.05, 3.63) is 42.6 Å². The summed E-state index contributed by atoms with van der Waals surface area (Å²) in [5.41, 5.74) is 2.11. The van der Waals surface area contributed by atoms with Crippen LogP contribution in [0.4, 0.5) is 5.95 Å². The lowest BCUT2D eigenvalue weighted by atomic mass is 10.1. The van der Waals surface area contributed by atoms with Crippen molar-refractivity contribution in [1.82, 2.24) is 29.8 Å². The molecule has 3 aromatic heterocycles. The molecule has 1 atom stereocenters. The number of hydrogen-bond acceptors (Lipinski definition) is 7. The SMILES string of the molecule is O=C(NC1CCCN(c2ncccn2)C1)c1cnc2c(c1)ncn2C1CCOCC1. The van der Waals surface area contributed by atoms with Crippen LogP contribution in [0.15, 0.2) is 37.1 Å². The van der Waals surface area contributed by atoms with E-state index in [0.29, 0.717) is 24.1 Å². The van der Waals surface area contributed by atoms with Gasteiger partial charge in [-0.25, -0.2) is 19.9 Å². The maximum Gasteiger partial charge on any atom is 0.253 e. The Morgan fingerprint density at radius 2 is 1.93 bits per heavy atom. The summed E-state index contributed by atoms with van der Waals surface area (Å²) in [6, 6.07) is 4.03. The maximum atomic E-state index is 12.9. The highest BCUT2D eigenvalue weighted by Crippen LogP contribution is 2.25. The molecule has 1 amide bonds. The predicted octanol–water partition coefficient (Wildman–Crippen LogP) is 1.97. The minimum absolute atomic E-state index is 0.0468. The summed E-state index contributed by atoms with van der Waals surface area (Å²) in [7, 11) is 0. The molecule has 0 bridgehead atoms. The number of piperidine rings is 1. The van der Waals surface area contributed by atoms with Crippen LogP contribution in [0.1, 0.15) is 42.1 Å². The van der Waals surface area contributed by atoms with Gasteiger partial charge in [0.25, 0.3) is 5.91 Å². The smallest absolute Gasteiger partial charge is 0.253 e. The maximum absolute atomic E-state index is 12.9. The molecule has 0 spiro atoms. The largest absolute Gasteiger partial charge is 0.381 e. The van der Waals surface area contributed by atoms with Crippen LogP contribution < -0.4 is 10.2 Å². The number of amides is 1. The standard InChI is InChI=1S/C21H25N7O2/c29-20(26-16-3-1-8-27(13-16)21-22-6-2-7-23-21)15-11-18-19(24-12-15)28(14-25-18)17-4-9-30-10-5-17/h2,6-7,11-12,14,16-17H,1,3-5,8-10,13H2,(H,26,29). The number of carbonyl (C=O) groups is 1. The van der Waals surface area contributed by atoms with Crippen LogP contribution in [-0.2, 0) is 4.74 Å². The number of nitrogens with zero attached hydrogens (tertiary/aromatic N) is 6. The molecular formula is C21H25N7O2. The molecule has 9 nitrogen and oxygen atoms in total. The lowest BCUT2D eigenvalue weighted by Gasteiger charge is -2.33. The van der Waals surface area contributed by atoms with Gasteiger partial charge in [0.1, 0.15) is 5.52 Å². The molecule has 30 heavy (non-hydrogen) atoms. The molecule has 2 saturated heterocycles. The molecule has 5 rings (SSSR count). The Labute approximate surface area is 174 Å². The van der Waals surface area contributed by atoms with Gasteiger partial charge in [-0.3, -0.25) is 4.79 Å². The van der Waals surface area contributed by atoms with Gasteiger partial charge in [0.05, 0.1) is 11.9 Å². The molecule has 3 aromatic rings. The van der Waals surface area contributed by atoms with E-state index in [2.05, 4.69) is 34.7 Å². The fourth-order valence-corrected chi connectivity index (χ4v) is 4.27. The number of nitrogens with one attached hydrogen (secondary N) is 1. The Bertz CT molecular complexity index is 1020. The number of imidazole rings is 1. The first-order chi connectivity index (χ1) is 14.8. The minimum Gasteiger partial charge on any atom is -0.381 e. The Kier molecular flexibility index (Phi) is 5.27. The van der Waals surface area contributed by atoms with Gasteiger partial charge in [-0.2, -0.15) is 0 Å². The number of anilines is 1. The summed E-state index contributed by atoms with van der Waals surface area (Å²) in [6.07, 6.45) is 10.8. The number of carbonyl (C=O) groups excluding carboxylic acids is 1. The third-order valence-electron chi connectivity index (χ3n) is 5.85.